The summed E-state index contributed by atoms with van der Waals surface area (Å²) in [5.41, 5.74) is 1.58. The van der Waals surface area contributed by atoms with Crippen molar-refractivity contribution in [1.29, 1.82) is 0 Å². The lowest BCUT2D eigenvalue weighted by Crippen LogP contribution is -2.44. The van der Waals surface area contributed by atoms with Crippen LogP contribution in [0.15, 0.2) is 70.1 Å². The van der Waals surface area contributed by atoms with E-state index >= 15 is 0 Å². The number of rotatable bonds is 3. The maximum atomic E-state index is 9.43. The molecule has 2 aliphatic rings. The minimum atomic E-state index is -0.0464. The minimum Gasteiger partial charge on any atom is -0.497 e. The maximum absolute atomic E-state index is 9.43. The lowest BCUT2D eigenvalue weighted by molar-refractivity contribution is 0.415. The highest BCUT2D eigenvalue weighted by molar-refractivity contribution is 6.38. The number of benzene rings is 1. The molecule has 25 heavy (non-hydrogen) atoms. The monoisotopic (exact) mass is 335 g/mol. The van der Waals surface area contributed by atoms with Crippen LogP contribution in [0.1, 0.15) is 0 Å². The van der Waals surface area contributed by atoms with Gasteiger partial charge in [-0.2, -0.15) is 4.99 Å². The van der Waals surface area contributed by atoms with Crippen LogP contribution in [0.5, 0.6) is 11.6 Å². The Balaban J connectivity index is 1.69. The number of quaternary nitrogens is 1. The molecule has 0 radical (unpaired) electrons. The molecule has 1 atom stereocenters. The van der Waals surface area contributed by atoms with E-state index in [0.717, 1.165) is 17.1 Å². The van der Waals surface area contributed by atoms with E-state index in [0.29, 0.717) is 11.8 Å². The van der Waals surface area contributed by atoms with Gasteiger partial charge in [0.25, 0.3) is 11.8 Å². The molecule has 0 saturated carbocycles. The lowest BCUT2D eigenvalue weighted by atomic mass is 10.3. The Bertz CT molecular complexity index is 915. The minimum absolute atomic E-state index is 0.00919. The van der Waals surface area contributed by atoms with Gasteiger partial charge >= 0.3 is 0 Å². The summed E-state index contributed by atoms with van der Waals surface area (Å²) in [5, 5.41) is 17.3. The number of nitrogens with zero attached hydrogens (tertiary/aromatic N) is 5. The van der Waals surface area contributed by atoms with E-state index in [1.165, 1.54) is 6.07 Å². The molecule has 2 N–H and O–H groups in total. The van der Waals surface area contributed by atoms with E-state index in [1.807, 2.05) is 24.3 Å². The van der Waals surface area contributed by atoms with Gasteiger partial charge in [-0.1, -0.05) is 4.59 Å². The Hall–Kier alpha value is -3.52. The fourth-order valence-electron chi connectivity index (χ4n) is 2.59. The molecule has 2 aliphatic heterocycles. The van der Waals surface area contributed by atoms with Gasteiger partial charge in [0.2, 0.25) is 5.88 Å². The summed E-state index contributed by atoms with van der Waals surface area (Å²) in [6.07, 6.45) is 6.68. The first-order valence-electron chi connectivity index (χ1n) is 7.55. The van der Waals surface area contributed by atoms with Crippen LogP contribution in [0, 0.1) is 0 Å². The van der Waals surface area contributed by atoms with Gasteiger partial charge in [0, 0.05) is 17.8 Å². The van der Waals surface area contributed by atoms with E-state index in [1.54, 1.807) is 38.0 Å². The van der Waals surface area contributed by atoms with Crippen molar-refractivity contribution in [3.05, 3.63) is 55.0 Å². The number of anilines is 1. The molecule has 8 heteroatoms. The van der Waals surface area contributed by atoms with Crippen molar-refractivity contribution in [2.24, 2.45) is 15.1 Å². The molecular weight excluding hydrogens is 320 g/mol. The average molecular weight is 335 g/mol. The third-order valence-electron chi connectivity index (χ3n) is 3.85. The van der Waals surface area contributed by atoms with Crippen LogP contribution in [0.25, 0.3) is 0 Å². The van der Waals surface area contributed by atoms with Crippen LogP contribution >= 0.6 is 0 Å². The normalized spacial score (nSPS) is 20.7. The van der Waals surface area contributed by atoms with Gasteiger partial charge in [0.05, 0.1) is 19.5 Å². The summed E-state index contributed by atoms with van der Waals surface area (Å²) in [5.74, 6) is 1.81. The summed E-state index contributed by atoms with van der Waals surface area (Å²) >= 11 is 0. The average Bonchev–Trinajstić information content (AvgIpc) is 3.02. The smallest absolute Gasteiger partial charge is 0.287 e. The molecule has 2 aromatic rings. The zero-order valence-electron chi connectivity index (χ0n) is 13.4. The molecule has 0 bridgehead atoms. The number of amidine groups is 1. The number of methoxy groups -OCH3 is 1. The highest BCUT2D eigenvalue weighted by Crippen LogP contribution is 2.31. The van der Waals surface area contributed by atoms with Crippen LogP contribution < -0.4 is 14.6 Å². The third-order valence-corrected chi connectivity index (χ3v) is 3.85. The number of hydrogen-bond donors (Lipinski definition) is 2. The van der Waals surface area contributed by atoms with E-state index in [-0.39, 0.29) is 10.5 Å². The molecule has 8 nitrogen and oxygen atoms in total. The van der Waals surface area contributed by atoms with Crippen molar-refractivity contribution in [3.63, 3.8) is 0 Å². The number of hydrogen-bond acceptors (Lipinski definition) is 7. The SMILES string of the molecule is COc1ccc(NC2=N[N+]3(c4ccc(O)nc4)C=CN=CC3=N2)cc1. The Kier molecular flexibility index (Phi) is 3.51. The van der Waals surface area contributed by atoms with Crippen LogP contribution in [-0.4, -0.2) is 35.2 Å². The number of ether oxygens (including phenoxy) is 1. The molecule has 1 unspecified atom stereocenters. The second-order valence-electron chi connectivity index (χ2n) is 5.38. The predicted molar refractivity (Wildman–Crippen MR) is 96.8 cm³/mol. The fraction of sp³-hybridized carbons (Fsp3) is 0.0588. The van der Waals surface area contributed by atoms with Crippen molar-refractivity contribution in [3.8, 4) is 11.6 Å². The maximum Gasteiger partial charge on any atom is 0.287 e. The van der Waals surface area contributed by atoms with Crippen molar-refractivity contribution in [1.82, 2.24) is 9.58 Å². The first kappa shape index (κ1) is 15.0. The Morgan fingerprint density at radius 1 is 1.12 bits per heavy atom. The van der Waals surface area contributed by atoms with Gasteiger partial charge in [-0.25, -0.2) is 4.98 Å². The molecule has 1 aromatic carbocycles. The lowest BCUT2D eigenvalue weighted by Gasteiger charge is -2.23. The molecule has 0 aliphatic carbocycles. The molecular formula is C17H15N6O2+. The van der Waals surface area contributed by atoms with Gasteiger partial charge in [-0.05, 0) is 29.4 Å². The molecule has 0 spiro atoms. The van der Waals surface area contributed by atoms with Crippen LogP contribution in [-0.2, 0) is 0 Å². The number of fused-ring (bicyclic) bond motifs is 1. The van der Waals surface area contributed by atoms with Crippen molar-refractivity contribution >= 4 is 29.4 Å². The topological polar surface area (TPSA) is 91.5 Å². The Labute approximate surface area is 143 Å². The molecule has 4 rings (SSSR count). The molecule has 0 fully saturated rings. The Morgan fingerprint density at radius 3 is 2.68 bits per heavy atom. The summed E-state index contributed by atoms with van der Waals surface area (Å²) in [7, 11) is 1.62. The number of nitrogens with one attached hydrogen (secondary N) is 1. The second-order valence-corrected chi connectivity index (χ2v) is 5.38. The highest BCUT2D eigenvalue weighted by atomic mass is 16.5. The second kappa shape index (κ2) is 5.84. The third kappa shape index (κ3) is 2.64. The Morgan fingerprint density at radius 2 is 1.96 bits per heavy atom. The van der Waals surface area contributed by atoms with Crippen LogP contribution in [0.2, 0.25) is 0 Å². The quantitative estimate of drug-likeness (QED) is 0.843. The number of aromatic nitrogens is 1. The fourth-order valence-corrected chi connectivity index (χ4v) is 2.59. The molecule has 1 aromatic heterocycles. The predicted octanol–water partition coefficient (Wildman–Crippen LogP) is 2.45. The van der Waals surface area contributed by atoms with E-state index < -0.39 is 0 Å². The highest BCUT2D eigenvalue weighted by Gasteiger charge is 2.43. The molecule has 124 valence electrons. The first-order valence-corrected chi connectivity index (χ1v) is 7.55. The molecule has 0 amide bonds. The van der Waals surface area contributed by atoms with Gasteiger partial charge in [-0.15, -0.1) is 0 Å². The van der Waals surface area contributed by atoms with Crippen molar-refractivity contribution < 1.29 is 9.84 Å². The van der Waals surface area contributed by atoms with Crippen LogP contribution in [0.3, 0.4) is 0 Å². The molecule has 0 saturated heterocycles. The largest absolute Gasteiger partial charge is 0.497 e. The summed E-state index contributed by atoms with van der Waals surface area (Å²) in [6.45, 7) is 0. The van der Waals surface area contributed by atoms with Gasteiger partial charge in [0.15, 0.2) is 11.9 Å². The number of aromatic hydroxyl groups is 1. The standard InChI is InChI=1S/C17H14N6O2/c1-25-14-5-2-12(3-6-14)20-17-21-15-11-18-8-9-23(15,22-17)13-4-7-16(24)19-10-13/h2-11H,1H3,(H-,19,20,22,24)/p+1. The number of aliphatic imine (C=N–C) groups is 2. The zero-order valence-corrected chi connectivity index (χ0v) is 13.4. The summed E-state index contributed by atoms with van der Waals surface area (Å²) in [6, 6.07) is 10.7. The molecule has 3 heterocycles. The summed E-state index contributed by atoms with van der Waals surface area (Å²) in [4.78, 5) is 12.6. The van der Waals surface area contributed by atoms with Gasteiger partial charge < -0.3 is 15.2 Å². The number of guanidine groups is 1. The number of pyridine rings is 1. The van der Waals surface area contributed by atoms with Crippen molar-refractivity contribution in [2.45, 2.75) is 0 Å². The zero-order chi connectivity index (χ0) is 17.3. The van der Waals surface area contributed by atoms with Crippen LogP contribution in [0.4, 0.5) is 11.4 Å². The van der Waals surface area contributed by atoms with E-state index in [9.17, 15) is 5.11 Å². The van der Waals surface area contributed by atoms with Crippen molar-refractivity contribution in [2.75, 3.05) is 12.4 Å². The van der Waals surface area contributed by atoms with E-state index in [4.69, 9.17) is 4.74 Å². The van der Waals surface area contributed by atoms with Gasteiger partial charge in [0.1, 0.15) is 12.0 Å². The van der Waals surface area contributed by atoms with E-state index in [2.05, 4.69) is 25.4 Å². The van der Waals surface area contributed by atoms with Gasteiger partial charge in [-0.3, -0.25) is 4.99 Å². The summed E-state index contributed by atoms with van der Waals surface area (Å²) < 4.78 is 5.17. The first-order chi connectivity index (χ1) is 12.2.